The third kappa shape index (κ3) is 2.01. The highest BCUT2D eigenvalue weighted by Crippen LogP contribution is 2.32. The second-order valence-electron chi connectivity index (χ2n) is 3.41. The van der Waals surface area contributed by atoms with Gasteiger partial charge in [-0.15, -0.1) is 11.8 Å². The molecule has 2 atom stereocenters. The van der Waals surface area contributed by atoms with Crippen molar-refractivity contribution < 1.29 is 4.74 Å². The minimum Gasteiger partial charge on any atom is -0.481 e. The monoisotopic (exact) mass is 210 g/mol. The molecule has 1 fully saturated rings. The average Bonchev–Trinajstić information content (AvgIpc) is 2.65. The molecule has 2 rings (SSSR count). The van der Waals surface area contributed by atoms with Gasteiger partial charge in [0.25, 0.3) is 0 Å². The van der Waals surface area contributed by atoms with Crippen molar-refractivity contribution in [2.45, 2.75) is 18.3 Å². The molecule has 0 bridgehead atoms. The number of thioether (sulfide) groups is 1. The Kier molecular flexibility index (Phi) is 2.93. The van der Waals surface area contributed by atoms with Crippen LogP contribution < -0.4 is 10.1 Å². The van der Waals surface area contributed by atoms with Gasteiger partial charge in [0, 0.05) is 24.1 Å². The fraction of sp³-hybridized carbons (Fsp3) is 0.500. The van der Waals surface area contributed by atoms with Crippen molar-refractivity contribution in [3.8, 4) is 5.88 Å². The first-order valence-electron chi connectivity index (χ1n) is 4.67. The molecule has 0 amide bonds. The predicted octanol–water partition coefficient (Wildman–Crippen LogP) is 1.81. The Morgan fingerprint density at radius 1 is 1.57 bits per heavy atom. The molecule has 1 saturated heterocycles. The molecular weight excluding hydrogens is 196 g/mol. The third-order valence-electron chi connectivity index (χ3n) is 2.22. The molecule has 1 N–H and O–H groups in total. The van der Waals surface area contributed by atoms with Crippen LogP contribution in [-0.4, -0.2) is 23.9 Å². The van der Waals surface area contributed by atoms with Crippen LogP contribution in [-0.2, 0) is 0 Å². The molecule has 1 aliphatic rings. The highest BCUT2D eigenvalue weighted by molar-refractivity contribution is 7.99. The van der Waals surface area contributed by atoms with Crippen LogP contribution in [0.1, 0.15) is 17.9 Å². The molecule has 4 heteroatoms. The summed E-state index contributed by atoms with van der Waals surface area (Å²) in [5.41, 5.74) is 1.22. The number of nitrogens with one attached hydrogen (secondary N) is 1. The van der Waals surface area contributed by atoms with E-state index in [9.17, 15) is 0 Å². The average molecular weight is 210 g/mol. The van der Waals surface area contributed by atoms with E-state index in [1.807, 2.05) is 24.0 Å². The van der Waals surface area contributed by atoms with E-state index in [4.69, 9.17) is 4.74 Å². The number of rotatable bonds is 2. The van der Waals surface area contributed by atoms with Crippen LogP contribution in [0.5, 0.6) is 5.88 Å². The van der Waals surface area contributed by atoms with Crippen molar-refractivity contribution in [3.05, 3.63) is 23.9 Å². The number of hydrogen-bond acceptors (Lipinski definition) is 4. The zero-order chi connectivity index (χ0) is 9.97. The van der Waals surface area contributed by atoms with Crippen LogP contribution in [0.15, 0.2) is 18.3 Å². The van der Waals surface area contributed by atoms with Gasteiger partial charge in [0.05, 0.1) is 12.5 Å². The van der Waals surface area contributed by atoms with Gasteiger partial charge in [-0.3, -0.25) is 5.32 Å². The summed E-state index contributed by atoms with van der Waals surface area (Å²) in [7, 11) is 1.63. The van der Waals surface area contributed by atoms with Crippen molar-refractivity contribution in [1.82, 2.24) is 10.3 Å². The van der Waals surface area contributed by atoms with Gasteiger partial charge in [-0.25, -0.2) is 4.98 Å². The lowest BCUT2D eigenvalue weighted by atomic mass is 10.2. The minimum atomic E-state index is 0.392. The predicted molar refractivity (Wildman–Crippen MR) is 58.6 cm³/mol. The smallest absolute Gasteiger partial charge is 0.212 e. The second-order valence-corrected chi connectivity index (χ2v) is 4.55. The van der Waals surface area contributed by atoms with Gasteiger partial charge in [0.15, 0.2) is 0 Å². The van der Waals surface area contributed by atoms with Crippen molar-refractivity contribution >= 4 is 11.8 Å². The number of aromatic nitrogens is 1. The Balaban J connectivity index is 2.09. The lowest BCUT2D eigenvalue weighted by Crippen LogP contribution is -2.21. The van der Waals surface area contributed by atoms with Gasteiger partial charge in [-0.1, -0.05) is 0 Å². The molecular formula is C10H14N2OS. The standard InChI is InChI=1S/C10H14N2OS/c1-7-6-14-10(12-7)8-3-4-9(13-2)11-5-8/h3-5,7,10,12H,6H2,1-2H3. The number of hydrogen-bond donors (Lipinski definition) is 1. The Hall–Kier alpha value is -0.740. The molecule has 0 radical (unpaired) electrons. The first kappa shape index (κ1) is 9.80. The number of pyridine rings is 1. The van der Waals surface area contributed by atoms with E-state index in [-0.39, 0.29) is 0 Å². The first-order chi connectivity index (χ1) is 6.79. The van der Waals surface area contributed by atoms with Gasteiger partial charge in [0.2, 0.25) is 5.88 Å². The molecule has 2 unspecified atom stereocenters. The summed E-state index contributed by atoms with van der Waals surface area (Å²) < 4.78 is 5.01. The van der Waals surface area contributed by atoms with E-state index in [0.717, 1.165) is 5.75 Å². The summed E-state index contributed by atoms with van der Waals surface area (Å²) >= 11 is 1.93. The van der Waals surface area contributed by atoms with E-state index in [1.54, 1.807) is 7.11 Å². The summed E-state index contributed by atoms with van der Waals surface area (Å²) in [5.74, 6) is 1.83. The van der Waals surface area contributed by atoms with Gasteiger partial charge < -0.3 is 4.74 Å². The zero-order valence-corrected chi connectivity index (χ0v) is 9.17. The molecule has 0 aromatic carbocycles. The molecule has 0 spiro atoms. The summed E-state index contributed by atoms with van der Waals surface area (Å²) in [6, 6.07) is 4.56. The van der Waals surface area contributed by atoms with Crippen LogP contribution in [0.25, 0.3) is 0 Å². The fourth-order valence-electron chi connectivity index (χ4n) is 1.46. The van der Waals surface area contributed by atoms with Gasteiger partial charge in [-0.2, -0.15) is 0 Å². The fourth-order valence-corrected chi connectivity index (χ4v) is 2.69. The maximum Gasteiger partial charge on any atom is 0.212 e. The molecule has 3 nitrogen and oxygen atoms in total. The van der Waals surface area contributed by atoms with Crippen LogP contribution in [0.3, 0.4) is 0 Å². The lowest BCUT2D eigenvalue weighted by Gasteiger charge is -2.10. The van der Waals surface area contributed by atoms with E-state index < -0.39 is 0 Å². The summed E-state index contributed by atoms with van der Waals surface area (Å²) in [5, 5.41) is 3.88. The molecule has 76 valence electrons. The summed E-state index contributed by atoms with van der Waals surface area (Å²) in [6.45, 7) is 2.20. The van der Waals surface area contributed by atoms with Crippen LogP contribution in [0.4, 0.5) is 0 Å². The Morgan fingerprint density at radius 2 is 2.43 bits per heavy atom. The molecule has 0 aliphatic carbocycles. The molecule has 0 saturated carbocycles. The second kappa shape index (κ2) is 4.19. The SMILES string of the molecule is COc1ccc(C2NC(C)CS2)cn1. The maximum atomic E-state index is 5.01. The Morgan fingerprint density at radius 3 is 2.93 bits per heavy atom. The van der Waals surface area contributed by atoms with Crippen molar-refractivity contribution in [2.75, 3.05) is 12.9 Å². The zero-order valence-electron chi connectivity index (χ0n) is 8.36. The highest BCUT2D eigenvalue weighted by Gasteiger charge is 2.22. The first-order valence-corrected chi connectivity index (χ1v) is 5.72. The summed E-state index contributed by atoms with van der Waals surface area (Å²) in [4.78, 5) is 4.19. The van der Waals surface area contributed by atoms with Crippen molar-refractivity contribution in [2.24, 2.45) is 0 Å². The number of nitrogens with zero attached hydrogens (tertiary/aromatic N) is 1. The number of ether oxygens (including phenoxy) is 1. The summed E-state index contributed by atoms with van der Waals surface area (Å²) in [6.07, 6.45) is 1.88. The van der Waals surface area contributed by atoms with E-state index in [1.165, 1.54) is 5.56 Å². The highest BCUT2D eigenvalue weighted by atomic mass is 32.2. The molecule has 1 aromatic rings. The van der Waals surface area contributed by atoms with Crippen molar-refractivity contribution in [3.63, 3.8) is 0 Å². The van der Waals surface area contributed by atoms with Crippen LogP contribution >= 0.6 is 11.8 Å². The quantitative estimate of drug-likeness (QED) is 0.807. The Labute approximate surface area is 88.3 Å². The molecule has 1 aromatic heterocycles. The maximum absolute atomic E-state index is 5.01. The molecule has 2 heterocycles. The normalized spacial score (nSPS) is 26.4. The van der Waals surface area contributed by atoms with Crippen molar-refractivity contribution in [1.29, 1.82) is 0 Å². The van der Waals surface area contributed by atoms with E-state index in [0.29, 0.717) is 17.3 Å². The topological polar surface area (TPSA) is 34.1 Å². The van der Waals surface area contributed by atoms with Gasteiger partial charge in [0.1, 0.15) is 0 Å². The largest absolute Gasteiger partial charge is 0.481 e. The molecule has 14 heavy (non-hydrogen) atoms. The van der Waals surface area contributed by atoms with Crippen LogP contribution in [0, 0.1) is 0 Å². The number of methoxy groups -OCH3 is 1. The van der Waals surface area contributed by atoms with E-state index in [2.05, 4.69) is 23.3 Å². The van der Waals surface area contributed by atoms with Gasteiger partial charge in [-0.05, 0) is 18.6 Å². The van der Waals surface area contributed by atoms with E-state index >= 15 is 0 Å². The van der Waals surface area contributed by atoms with Crippen LogP contribution in [0.2, 0.25) is 0 Å². The minimum absolute atomic E-state index is 0.392. The lowest BCUT2D eigenvalue weighted by molar-refractivity contribution is 0.397. The van der Waals surface area contributed by atoms with Gasteiger partial charge >= 0.3 is 0 Å². The molecule has 1 aliphatic heterocycles. The third-order valence-corrected chi connectivity index (χ3v) is 3.65. The Bertz CT molecular complexity index is 301.